The molecule has 0 fully saturated rings. The number of halogens is 1. The van der Waals surface area contributed by atoms with Crippen molar-refractivity contribution in [3.63, 3.8) is 0 Å². The molecular formula is C35H33ClO7. The maximum Gasteiger partial charge on any atom is 0.180 e. The number of Topliss-reactive ketones (excluding diaryl/α,β-unsaturated/α-hetero) is 2. The summed E-state index contributed by atoms with van der Waals surface area (Å²) in [6, 6.07) is 19.1. The summed E-state index contributed by atoms with van der Waals surface area (Å²) in [7, 11) is 3.14. The minimum atomic E-state index is -0.535. The molecule has 3 aromatic carbocycles. The molecule has 222 valence electrons. The fourth-order valence-electron chi connectivity index (χ4n) is 6.01. The highest BCUT2D eigenvalue weighted by molar-refractivity contribution is 6.32. The summed E-state index contributed by atoms with van der Waals surface area (Å²) in [5.74, 6) is 2.85. The molecule has 0 unspecified atom stereocenters. The van der Waals surface area contributed by atoms with Crippen molar-refractivity contribution >= 4 is 23.2 Å². The molecule has 0 bridgehead atoms. The first-order chi connectivity index (χ1) is 21.0. The lowest BCUT2D eigenvalue weighted by Gasteiger charge is -2.36. The third kappa shape index (κ3) is 5.87. The monoisotopic (exact) mass is 600 g/mol. The lowest BCUT2D eigenvalue weighted by atomic mass is 9.73. The van der Waals surface area contributed by atoms with Gasteiger partial charge in [-0.3, -0.25) is 9.59 Å². The van der Waals surface area contributed by atoms with E-state index in [1.807, 2.05) is 54.6 Å². The van der Waals surface area contributed by atoms with Crippen molar-refractivity contribution in [3.8, 4) is 23.0 Å². The number of allylic oxidation sites excluding steroid dienone is 4. The first-order valence-electron chi connectivity index (χ1n) is 14.5. The zero-order chi connectivity index (χ0) is 29.9. The van der Waals surface area contributed by atoms with E-state index >= 15 is 0 Å². The number of hydrogen-bond donors (Lipinski definition) is 0. The Labute approximate surface area is 256 Å². The van der Waals surface area contributed by atoms with E-state index in [0.717, 1.165) is 24.0 Å². The molecule has 0 atom stereocenters. The van der Waals surface area contributed by atoms with Crippen LogP contribution in [0.5, 0.6) is 23.0 Å². The number of carbonyl (C=O) groups is 2. The van der Waals surface area contributed by atoms with Crippen LogP contribution in [0, 0.1) is 0 Å². The van der Waals surface area contributed by atoms with Crippen LogP contribution in [-0.4, -0.2) is 25.8 Å². The van der Waals surface area contributed by atoms with Crippen LogP contribution in [0.4, 0.5) is 0 Å². The third-order valence-corrected chi connectivity index (χ3v) is 8.35. The van der Waals surface area contributed by atoms with E-state index in [-0.39, 0.29) is 18.2 Å². The molecular weight excluding hydrogens is 568 g/mol. The van der Waals surface area contributed by atoms with Crippen molar-refractivity contribution in [2.45, 2.75) is 57.7 Å². The van der Waals surface area contributed by atoms with Crippen molar-refractivity contribution in [1.29, 1.82) is 0 Å². The van der Waals surface area contributed by atoms with Crippen LogP contribution in [0.1, 0.15) is 61.1 Å². The largest absolute Gasteiger partial charge is 0.493 e. The third-order valence-electron chi connectivity index (χ3n) is 8.07. The Morgan fingerprint density at radius 3 is 2.02 bits per heavy atom. The van der Waals surface area contributed by atoms with Gasteiger partial charge in [0.05, 0.1) is 19.2 Å². The Balaban J connectivity index is 1.26. The highest BCUT2D eigenvalue weighted by Crippen LogP contribution is 2.50. The second kappa shape index (κ2) is 12.6. The van der Waals surface area contributed by atoms with Gasteiger partial charge in [0.2, 0.25) is 0 Å². The van der Waals surface area contributed by atoms with E-state index < -0.39 is 5.92 Å². The summed E-state index contributed by atoms with van der Waals surface area (Å²) in [4.78, 5) is 26.3. The number of benzene rings is 3. The van der Waals surface area contributed by atoms with E-state index in [1.54, 1.807) is 20.3 Å². The summed E-state index contributed by atoms with van der Waals surface area (Å²) in [5, 5.41) is 0.325. The molecule has 3 aliphatic rings. The SMILES string of the molecule is COc1cc(COc2c(Cl)cc(C3C4=C(CCCC4=O)OC4=C3C(=O)CCC4)cc2OC)ccc1OCc1ccccc1. The van der Waals surface area contributed by atoms with Gasteiger partial charge < -0.3 is 23.7 Å². The molecule has 1 aliphatic heterocycles. The number of ether oxygens (including phenoxy) is 5. The normalized spacial score (nSPS) is 16.8. The molecule has 8 heteroatoms. The Bertz CT molecular complexity index is 1580. The average molecular weight is 601 g/mol. The Morgan fingerprint density at radius 2 is 1.37 bits per heavy atom. The molecule has 43 heavy (non-hydrogen) atoms. The highest BCUT2D eigenvalue weighted by Gasteiger charge is 2.42. The van der Waals surface area contributed by atoms with E-state index in [9.17, 15) is 9.59 Å². The van der Waals surface area contributed by atoms with Crippen LogP contribution in [-0.2, 0) is 27.5 Å². The van der Waals surface area contributed by atoms with Crippen molar-refractivity contribution < 1.29 is 33.3 Å². The highest BCUT2D eigenvalue weighted by atomic mass is 35.5. The van der Waals surface area contributed by atoms with Gasteiger partial charge in [0.1, 0.15) is 24.7 Å². The fraction of sp³-hybridized carbons (Fsp3) is 0.314. The van der Waals surface area contributed by atoms with Gasteiger partial charge in [0.15, 0.2) is 34.6 Å². The standard InChI is InChI=1S/C35H33ClO7/c1-39-30-16-22(14-15-27(30)41-19-21-8-4-3-5-9-21)20-42-35-24(36)17-23(18-31(35)40-2)32-33-25(37)10-6-12-28(33)43-29-13-7-11-26(38)34(29)32/h3-5,8-9,14-18,32H,6-7,10-13,19-20H2,1-2H3. The van der Waals surface area contributed by atoms with Gasteiger partial charge in [0.25, 0.3) is 0 Å². The number of methoxy groups -OCH3 is 2. The molecule has 0 saturated heterocycles. The zero-order valence-corrected chi connectivity index (χ0v) is 25.0. The first kappa shape index (κ1) is 28.9. The molecule has 0 radical (unpaired) electrons. The van der Waals surface area contributed by atoms with Gasteiger partial charge in [-0.2, -0.15) is 0 Å². The van der Waals surface area contributed by atoms with E-state index in [2.05, 4.69) is 0 Å². The van der Waals surface area contributed by atoms with Gasteiger partial charge in [-0.15, -0.1) is 0 Å². The van der Waals surface area contributed by atoms with Crippen LogP contribution in [0.25, 0.3) is 0 Å². The molecule has 3 aromatic rings. The summed E-state index contributed by atoms with van der Waals surface area (Å²) in [6.45, 7) is 0.622. The molecule has 7 nitrogen and oxygen atoms in total. The maximum absolute atomic E-state index is 13.2. The Hall–Kier alpha value is -4.23. The smallest absolute Gasteiger partial charge is 0.180 e. The van der Waals surface area contributed by atoms with E-state index in [1.165, 1.54) is 0 Å². The second-order valence-corrected chi connectivity index (χ2v) is 11.3. The molecule has 0 N–H and O–H groups in total. The zero-order valence-electron chi connectivity index (χ0n) is 24.2. The molecule has 0 amide bonds. The van der Waals surface area contributed by atoms with Crippen LogP contribution in [0.3, 0.4) is 0 Å². The van der Waals surface area contributed by atoms with Crippen molar-refractivity contribution in [2.24, 2.45) is 0 Å². The van der Waals surface area contributed by atoms with Crippen LogP contribution < -0.4 is 18.9 Å². The fourth-order valence-corrected chi connectivity index (χ4v) is 6.28. The molecule has 0 aromatic heterocycles. The summed E-state index contributed by atoms with van der Waals surface area (Å²) < 4.78 is 29.6. The molecule has 0 spiro atoms. The lowest BCUT2D eigenvalue weighted by molar-refractivity contribution is -0.117. The number of rotatable bonds is 9. The predicted molar refractivity (Wildman–Crippen MR) is 162 cm³/mol. The predicted octanol–water partition coefficient (Wildman–Crippen LogP) is 7.64. The molecule has 0 saturated carbocycles. The van der Waals surface area contributed by atoms with Gasteiger partial charge >= 0.3 is 0 Å². The number of ketones is 2. The molecule has 1 heterocycles. The van der Waals surface area contributed by atoms with Crippen LogP contribution in [0.2, 0.25) is 5.02 Å². The Morgan fingerprint density at radius 1 is 0.721 bits per heavy atom. The maximum atomic E-state index is 13.2. The first-order valence-corrected chi connectivity index (χ1v) is 14.9. The van der Waals surface area contributed by atoms with E-state index in [4.69, 9.17) is 35.3 Å². The summed E-state index contributed by atoms with van der Waals surface area (Å²) >= 11 is 6.82. The summed E-state index contributed by atoms with van der Waals surface area (Å²) in [5.41, 5.74) is 3.75. The van der Waals surface area contributed by atoms with Gasteiger partial charge in [-0.1, -0.05) is 48.0 Å². The van der Waals surface area contributed by atoms with Crippen molar-refractivity contribution in [2.75, 3.05) is 14.2 Å². The molecule has 2 aliphatic carbocycles. The minimum absolute atomic E-state index is 0.0109. The van der Waals surface area contributed by atoms with Gasteiger partial charge in [0, 0.05) is 42.7 Å². The van der Waals surface area contributed by atoms with Gasteiger partial charge in [-0.05, 0) is 53.8 Å². The topological polar surface area (TPSA) is 80.3 Å². The lowest BCUT2D eigenvalue weighted by Crippen LogP contribution is -2.30. The quantitative estimate of drug-likeness (QED) is 0.250. The molecule has 6 rings (SSSR count). The minimum Gasteiger partial charge on any atom is -0.493 e. The van der Waals surface area contributed by atoms with Crippen LogP contribution in [0.15, 0.2) is 83.3 Å². The number of hydrogen-bond acceptors (Lipinski definition) is 7. The van der Waals surface area contributed by atoms with Crippen molar-refractivity contribution in [1.82, 2.24) is 0 Å². The summed E-state index contributed by atoms with van der Waals surface area (Å²) in [6.07, 6.45) is 3.69. The number of carbonyl (C=O) groups excluding carboxylic acids is 2. The second-order valence-electron chi connectivity index (χ2n) is 10.8. The van der Waals surface area contributed by atoms with Crippen LogP contribution >= 0.6 is 11.6 Å². The van der Waals surface area contributed by atoms with E-state index in [0.29, 0.717) is 88.5 Å². The Kier molecular flexibility index (Phi) is 8.43. The average Bonchev–Trinajstić information content (AvgIpc) is 3.03. The van der Waals surface area contributed by atoms with Gasteiger partial charge in [-0.25, -0.2) is 0 Å². The van der Waals surface area contributed by atoms with Crippen molar-refractivity contribution in [3.05, 3.63) is 105 Å².